The van der Waals surface area contributed by atoms with Crippen molar-refractivity contribution in [3.05, 3.63) is 34.6 Å². The zero-order valence-corrected chi connectivity index (χ0v) is 19.0. The van der Waals surface area contributed by atoms with Crippen LogP contribution in [0.15, 0.2) is 29.1 Å². The molecule has 0 aliphatic carbocycles. The Bertz CT molecular complexity index is 1040. The summed E-state index contributed by atoms with van der Waals surface area (Å²) in [6, 6.07) is 7.69. The lowest BCUT2D eigenvalue weighted by molar-refractivity contribution is -0.136. The zero-order valence-electron chi connectivity index (χ0n) is 19.0. The van der Waals surface area contributed by atoms with Crippen LogP contribution in [-0.4, -0.2) is 58.5 Å². The van der Waals surface area contributed by atoms with Crippen LogP contribution >= 0.6 is 0 Å². The number of hydrogen-bond donors (Lipinski definition) is 1. The first kappa shape index (κ1) is 22.3. The monoisotopic (exact) mass is 439 g/mol. The first-order valence-corrected chi connectivity index (χ1v) is 11.8. The summed E-state index contributed by atoms with van der Waals surface area (Å²) in [7, 11) is 0. The van der Waals surface area contributed by atoms with Crippen LogP contribution in [0, 0.1) is 5.92 Å². The summed E-state index contributed by atoms with van der Waals surface area (Å²) in [5, 5.41) is 2.96. The zero-order chi connectivity index (χ0) is 22.7. The SMILES string of the molecule is CC(C)NC(=O)C1CCCN(C(=O)CCn2c(=O)c(N3CCCC3)nc3ccccc32)C1. The van der Waals surface area contributed by atoms with Crippen LogP contribution in [0.3, 0.4) is 0 Å². The molecule has 2 aliphatic heterocycles. The van der Waals surface area contributed by atoms with Crippen LogP contribution in [-0.2, 0) is 16.1 Å². The van der Waals surface area contributed by atoms with Gasteiger partial charge in [-0.3, -0.25) is 14.4 Å². The lowest BCUT2D eigenvalue weighted by Crippen LogP contribution is -2.47. The molecule has 3 heterocycles. The van der Waals surface area contributed by atoms with E-state index in [2.05, 4.69) is 15.2 Å². The van der Waals surface area contributed by atoms with E-state index in [4.69, 9.17) is 0 Å². The number of anilines is 1. The molecular weight excluding hydrogens is 406 g/mol. The van der Waals surface area contributed by atoms with Crippen molar-refractivity contribution in [2.45, 2.75) is 58.5 Å². The third kappa shape index (κ3) is 4.79. The molecule has 1 N–H and O–H groups in total. The lowest BCUT2D eigenvalue weighted by atomic mass is 9.96. The van der Waals surface area contributed by atoms with Gasteiger partial charge >= 0.3 is 0 Å². The minimum Gasteiger partial charge on any atom is -0.354 e. The van der Waals surface area contributed by atoms with E-state index in [1.54, 1.807) is 9.47 Å². The molecule has 172 valence electrons. The molecule has 2 saturated heterocycles. The predicted octanol–water partition coefficient (Wildman–Crippen LogP) is 2.15. The van der Waals surface area contributed by atoms with Crippen molar-refractivity contribution >= 4 is 28.7 Å². The fraction of sp³-hybridized carbons (Fsp3) is 0.583. The van der Waals surface area contributed by atoms with Gasteiger partial charge in [0, 0.05) is 45.2 Å². The molecule has 1 aromatic heterocycles. The van der Waals surface area contributed by atoms with Gasteiger partial charge in [0.25, 0.3) is 5.56 Å². The maximum Gasteiger partial charge on any atom is 0.294 e. The first-order valence-electron chi connectivity index (χ1n) is 11.8. The van der Waals surface area contributed by atoms with Gasteiger partial charge in [0.1, 0.15) is 0 Å². The minimum atomic E-state index is -0.165. The highest BCUT2D eigenvalue weighted by atomic mass is 16.2. The molecule has 0 radical (unpaired) electrons. The second-order valence-electron chi connectivity index (χ2n) is 9.17. The van der Waals surface area contributed by atoms with Crippen molar-refractivity contribution in [3.8, 4) is 0 Å². The molecule has 0 saturated carbocycles. The molecule has 32 heavy (non-hydrogen) atoms. The van der Waals surface area contributed by atoms with Crippen molar-refractivity contribution < 1.29 is 9.59 Å². The highest BCUT2D eigenvalue weighted by Gasteiger charge is 2.29. The van der Waals surface area contributed by atoms with Crippen LogP contribution < -0.4 is 15.8 Å². The average molecular weight is 440 g/mol. The van der Waals surface area contributed by atoms with Crippen LogP contribution in [0.2, 0.25) is 0 Å². The van der Waals surface area contributed by atoms with Gasteiger partial charge in [-0.05, 0) is 51.7 Å². The summed E-state index contributed by atoms with van der Waals surface area (Å²) in [5.41, 5.74) is 1.39. The molecule has 8 heteroatoms. The normalized spacial score (nSPS) is 19.0. The fourth-order valence-electron chi connectivity index (χ4n) is 4.72. The number of benzene rings is 1. The Morgan fingerprint density at radius 1 is 1.12 bits per heavy atom. The molecule has 2 aliphatic rings. The molecule has 1 unspecified atom stereocenters. The van der Waals surface area contributed by atoms with Gasteiger partial charge in [0.05, 0.1) is 17.0 Å². The minimum absolute atomic E-state index is 0.0115. The Balaban J connectivity index is 1.50. The lowest BCUT2D eigenvalue weighted by Gasteiger charge is -2.32. The number of para-hydroxylation sites is 2. The molecule has 0 spiro atoms. The molecule has 8 nitrogen and oxygen atoms in total. The Morgan fingerprint density at radius 3 is 2.62 bits per heavy atom. The Morgan fingerprint density at radius 2 is 1.88 bits per heavy atom. The Labute approximate surface area is 188 Å². The quantitative estimate of drug-likeness (QED) is 0.745. The van der Waals surface area contributed by atoms with Gasteiger partial charge in [0.2, 0.25) is 11.8 Å². The predicted molar refractivity (Wildman–Crippen MR) is 125 cm³/mol. The van der Waals surface area contributed by atoms with Crippen molar-refractivity contribution in [2.24, 2.45) is 5.92 Å². The molecule has 2 aromatic rings. The van der Waals surface area contributed by atoms with Crippen LogP contribution in [0.4, 0.5) is 5.82 Å². The van der Waals surface area contributed by atoms with Gasteiger partial charge in [-0.15, -0.1) is 0 Å². The first-order chi connectivity index (χ1) is 15.4. The number of amides is 2. The summed E-state index contributed by atoms with van der Waals surface area (Å²) in [6.07, 6.45) is 3.97. The Hall–Kier alpha value is -2.90. The van der Waals surface area contributed by atoms with Crippen molar-refractivity contribution in [1.29, 1.82) is 0 Å². The van der Waals surface area contributed by atoms with E-state index in [9.17, 15) is 14.4 Å². The summed E-state index contributed by atoms with van der Waals surface area (Å²) < 4.78 is 1.70. The van der Waals surface area contributed by atoms with Gasteiger partial charge < -0.3 is 19.7 Å². The van der Waals surface area contributed by atoms with E-state index >= 15 is 0 Å². The summed E-state index contributed by atoms with van der Waals surface area (Å²) in [6.45, 7) is 6.98. The topological polar surface area (TPSA) is 87.5 Å². The van der Waals surface area contributed by atoms with Crippen molar-refractivity contribution in [3.63, 3.8) is 0 Å². The highest BCUT2D eigenvalue weighted by molar-refractivity contribution is 5.82. The van der Waals surface area contributed by atoms with Crippen molar-refractivity contribution in [2.75, 3.05) is 31.1 Å². The average Bonchev–Trinajstić information content (AvgIpc) is 3.32. The summed E-state index contributed by atoms with van der Waals surface area (Å²) in [5.74, 6) is 0.324. The number of carbonyl (C=O) groups is 2. The number of rotatable bonds is 6. The maximum absolute atomic E-state index is 13.3. The van der Waals surface area contributed by atoms with Crippen molar-refractivity contribution in [1.82, 2.24) is 19.8 Å². The van der Waals surface area contributed by atoms with Crippen LogP contribution in [0.1, 0.15) is 46.0 Å². The number of piperidine rings is 1. The molecule has 4 rings (SSSR count). The third-order valence-corrected chi connectivity index (χ3v) is 6.37. The van der Waals surface area contributed by atoms with E-state index in [1.807, 2.05) is 38.1 Å². The number of aryl methyl sites for hydroxylation is 1. The van der Waals surface area contributed by atoms with Crippen LogP contribution in [0.25, 0.3) is 11.0 Å². The van der Waals surface area contributed by atoms with E-state index in [0.29, 0.717) is 25.5 Å². The van der Waals surface area contributed by atoms with Gasteiger partial charge in [-0.2, -0.15) is 0 Å². The number of carbonyl (C=O) groups excluding carboxylic acids is 2. The highest BCUT2D eigenvalue weighted by Crippen LogP contribution is 2.20. The van der Waals surface area contributed by atoms with E-state index in [1.165, 1.54) is 0 Å². The molecule has 1 aromatic carbocycles. The largest absolute Gasteiger partial charge is 0.354 e. The molecule has 1 atom stereocenters. The van der Waals surface area contributed by atoms with Gasteiger partial charge in [-0.1, -0.05) is 12.1 Å². The maximum atomic E-state index is 13.3. The number of fused-ring (bicyclic) bond motifs is 1. The van der Waals surface area contributed by atoms with Gasteiger partial charge in [0.15, 0.2) is 5.82 Å². The number of nitrogens with zero attached hydrogens (tertiary/aromatic N) is 4. The van der Waals surface area contributed by atoms with E-state index in [-0.39, 0.29) is 35.8 Å². The smallest absolute Gasteiger partial charge is 0.294 e. The summed E-state index contributed by atoms with van der Waals surface area (Å²) >= 11 is 0. The third-order valence-electron chi connectivity index (χ3n) is 6.37. The number of aromatic nitrogens is 2. The number of nitrogens with one attached hydrogen (secondary N) is 1. The van der Waals surface area contributed by atoms with Gasteiger partial charge in [-0.25, -0.2) is 4.98 Å². The van der Waals surface area contributed by atoms with E-state index < -0.39 is 0 Å². The van der Waals surface area contributed by atoms with Crippen LogP contribution in [0.5, 0.6) is 0 Å². The van der Waals surface area contributed by atoms with E-state index in [0.717, 1.165) is 49.8 Å². The molecule has 2 amide bonds. The summed E-state index contributed by atoms with van der Waals surface area (Å²) in [4.78, 5) is 47.2. The second kappa shape index (κ2) is 9.71. The standard InChI is InChI=1S/C24H33N5O3/c1-17(2)25-23(31)18-8-7-14-28(16-18)21(30)11-15-29-20-10-4-3-9-19(20)26-22(24(29)32)27-12-5-6-13-27/h3-4,9-10,17-18H,5-8,11-16H2,1-2H3,(H,25,31). The second-order valence-corrected chi connectivity index (χ2v) is 9.17. The fourth-order valence-corrected chi connectivity index (χ4v) is 4.72. The number of likely N-dealkylation sites (tertiary alicyclic amines) is 1. The number of hydrogen-bond acceptors (Lipinski definition) is 5. The molecular formula is C24H33N5O3. The molecule has 2 fully saturated rings. The Kier molecular flexibility index (Phi) is 6.77. The molecule has 0 bridgehead atoms.